The summed E-state index contributed by atoms with van der Waals surface area (Å²) in [5.74, 6) is 0.295. The van der Waals surface area contributed by atoms with Crippen molar-refractivity contribution in [1.82, 2.24) is 20.0 Å². The lowest BCUT2D eigenvalue weighted by Crippen LogP contribution is -2.43. The molecule has 0 saturated carbocycles. The molecule has 0 aliphatic carbocycles. The summed E-state index contributed by atoms with van der Waals surface area (Å²) in [7, 11) is 0. The molecule has 0 bridgehead atoms. The predicted octanol–water partition coefficient (Wildman–Crippen LogP) is 1.58. The van der Waals surface area contributed by atoms with E-state index in [1.807, 2.05) is 17.0 Å². The first-order chi connectivity index (χ1) is 9.34. The second kappa shape index (κ2) is 5.65. The quantitative estimate of drug-likeness (QED) is 0.828. The summed E-state index contributed by atoms with van der Waals surface area (Å²) >= 11 is 0. The van der Waals surface area contributed by atoms with Crippen molar-refractivity contribution in [2.24, 2.45) is 0 Å². The molecule has 3 rings (SSSR count). The van der Waals surface area contributed by atoms with Crippen molar-refractivity contribution < 1.29 is 4.79 Å². The van der Waals surface area contributed by atoms with Crippen molar-refractivity contribution in [3.05, 3.63) is 24.0 Å². The van der Waals surface area contributed by atoms with Gasteiger partial charge < -0.3 is 4.90 Å². The van der Waals surface area contributed by atoms with E-state index in [0.29, 0.717) is 18.4 Å². The summed E-state index contributed by atoms with van der Waals surface area (Å²) in [6, 6.07) is 4.30. The summed E-state index contributed by atoms with van der Waals surface area (Å²) in [4.78, 5) is 16.1. The van der Waals surface area contributed by atoms with Crippen molar-refractivity contribution >= 4 is 5.91 Å². The van der Waals surface area contributed by atoms with Gasteiger partial charge in [0.05, 0.1) is 18.4 Å². The highest BCUT2D eigenvalue weighted by Crippen LogP contribution is 2.29. The van der Waals surface area contributed by atoms with Gasteiger partial charge in [-0.3, -0.25) is 9.69 Å². The molecule has 2 fully saturated rings. The minimum Gasteiger partial charge on any atom is -0.330 e. The first kappa shape index (κ1) is 12.5. The maximum atomic E-state index is 11.8. The number of likely N-dealkylation sites (tertiary alicyclic amines) is 2. The largest absolute Gasteiger partial charge is 0.330 e. The van der Waals surface area contributed by atoms with Crippen LogP contribution in [0.15, 0.2) is 18.3 Å². The van der Waals surface area contributed by atoms with Crippen LogP contribution in [0.25, 0.3) is 0 Å². The molecule has 0 aromatic carbocycles. The standard InChI is InChI=1S/C14H20N4O/c19-14-7-4-10-18(14)11-17-9-2-1-6-13(17)12-5-3-8-15-16-12/h3,5,8,13H,1-2,4,6-7,9-11H2. The van der Waals surface area contributed by atoms with Crippen molar-refractivity contribution in [1.29, 1.82) is 0 Å². The molecule has 19 heavy (non-hydrogen) atoms. The Hall–Kier alpha value is -1.49. The minimum atomic E-state index is 0.295. The zero-order valence-corrected chi connectivity index (χ0v) is 11.2. The van der Waals surface area contributed by atoms with Gasteiger partial charge in [-0.2, -0.15) is 10.2 Å². The first-order valence-electron chi connectivity index (χ1n) is 7.14. The molecule has 0 spiro atoms. The third kappa shape index (κ3) is 2.76. The zero-order chi connectivity index (χ0) is 13.1. The number of aromatic nitrogens is 2. The van der Waals surface area contributed by atoms with E-state index >= 15 is 0 Å². The van der Waals surface area contributed by atoms with Crippen LogP contribution in [0.3, 0.4) is 0 Å². The van der Waals surface area contributed by atoms with Crippen LogP contribution in [0.2, 0.25) is 0 Å². The van der Waals surface area contributed by atoms with Crippen LogP contribution in [-0.2, 0) is 4.79 Å². The Bertz CT molecular complexity index is 436. The van der Waals surface area contributed by atoms with Gasteiger partial charge in [0, 0.05) is 25.7 Å². The number of nitrogens with zero attached hydrogens (tertiary/aromatic N) is 4. The molecule has 102 valence electrons. The lowest BCUT2D eigenvalue weighted by Gasteiger charge is -2.37. The van der Waals surface area contributed by atoms with Crippen molar-refractivity contribution in [3.8, 4) is 0 Å². The fourth-order valence-corrected chi connectivity index (χ4v) is 3.06. The van der Waals surface area contributed by atoms with Gasteiger partial charge in [-0.15, -0.1) is 0 Å². The number of hydrogen-bond donors (Lipinski definition) is 0. The molecule has 2 saturated heterocycles. The van der Waals surface area contributed by atoms with Crippen LogP contribution >= 0.6 is 0 Å². The van der Waals surface area contributed by atoms with E-state index in [9.17, 15) is 4.79 Å². The van der Waals surface area contributed by atoms with E-state index in [4.69, 9.17) is 0 Å². The van der Waals surface area contributed by atoms with Crippen LogP contribution in [-0.4, -0.2) is 45.7 Å². The minimum absolute atomic E-state index is 0.295. The molecule has 1 aromatic heterocycles. The molecular weight excluding hydrogens is 240 g/mol. The monoisotopic (exact) mass is 260 g/mol. The Balaban J connectivity index is 1.72. The fourth-order valence-electron chi connectivity index (χ4n) is 3.06. The molecule has 5 nitrogen and oxygen atoms in total. The van der Waals surface area contributed by atoms with Gasteiger partial charge in [0.15, 0.2) is 0 Å². The van der Waals surface area contributed by atoms with Gasteiger partial charge in [-0.05, 0) is 31.4 Å². The van der Waals surface area contributed by atoms with E-state index in [1.165, 1.54) is 12.8 Å². The Labute approximate surface area is 113 Å². The molecular formula is C14H20N4O. The second-order valence-corrected chi connectivity index (χ2v) is 5.37. The molecule has 0 N–H and O–H groups in total. The van der Waals surface area contributed by atoms with Gasteiger partial charge in [0.25, 0.3) is 0 Å². The maximum Gasteiger partial charge on any atom is 0.223 e. The smallest absolute Gasteiger partial charge is 0.223 e. The summed E-state index contributed by atoms with van der Waals surface area (Å²) in [5, 5.41) is 8.24. The topological polar surface area (TPSA) is 49.3 Å². The van der Waals surface area contributed by atoms with Crippen LogP contribution in [0.4, 0.5) is 0 Å². The zero-order valence-electron chi connectivity index (χ0n) is 11.2. The molecule has 1 aromatic rings. The second-order valence-electron chi connectivity index (χ2n) is 5.37. The third-order valence-electron chi connectivity index (χ3n) is 4.07. The molecule has 2 aliphatic rings. The Morgan fingerprint density at radius 3 is 2.95 bits per heavy atom. The summed E-state index contributed by atoms with van der Waals surface area (Å²) in [6.45, 7) is 2.70. The summed E-state index contributed by atoms with van der Waals surface area (Å²) < 4.78 is 0. The summed E-state index contributed by atoms with van der Waals surface area (Å²) in [6.07, 6.45) is 6.97. The normalized spacial score (nSPS) is 24.9. The van der Waals surface area contributed by atoms with Crippen LogP contribution in [0.5, 0.6) is 0 Å². The van der Waals surface area contributed by atoms with Gasteiger partial charge in [0.1, 0.15) is 0 Å². The Kier molecular flexibility index (Phi) is 3.73. The number of piperidine rings is 1. The number of carbonyl (C=O) groups is 1. The van der Waals surface area contributed by atoms with E-state index in [-0.39, 0.29) is 0 Å². The average Bonchev–Trinajstić information content (AvgIpc) is 2.86. The lowest BCUT2D eigenvalue weighted by atomic mass is 9.99. The molecule has 1 atom stereocenters. The van der Waals surface area contributed by atoms with Crippen LogP contribution in [0.1, 0.15) is 43.8 Å². The molecule has 2 aliphatic heterocycles. The van der Waals surface area contributed by atoms with E-state index in [1.54, 1.807) is 6.20 Å². The predicted molar refractivity (Wildman–Crippen MR) is 71.1 cm³/mol. The Morgan fingerprint density at radius 1 is 1.26 bits per heavy atom. The number of amides is 1. The average molecular weight is 260 g/mol. The highest BCUT2D eigenvalue weighted by molar-refractivity contribution is 5.77. The van der Waals surface area contributed by atoms with Crippen LogP contribution in [0, 0.1) is 0 Å². The van der Waals surface area contributed by atoms with E-state index in [0.717, 1.165) is 38.3 Å². The van der Waals surface area contributed by atoms with Crippen molar-refractivity contribution in [2.45, 2.75) is 38.1 Å². The highest BCUT2D eigenvalue weighted by Gasteiger charge is 2.29. The van der Waals surface area contributed by atoms with Gasteiger partial charge >= 0.3 is 0 Å². The molecule has 0 radical (unpaired) electrons. The SMILES string of the molecule is O=C1CCCN1CN1CCCCC1c1cccnn1. The third-order valence-corrected chi connectivity index (χ3v) is 4.07. The molecule has 1 amide bonds. The van der Waals surface area contributed by atoms with Crippen molar-refractivity contribution in [3.63, 3.8) is 0 Å². The maximum absolute atomic E-state index is 11.8. The van der Waals surface area contributed by atoms with Gasteiger partial charge in [0.2, 0.25) is 5.91 Å². The van der Waals surface area contributed by atoms with E-state index in [2.05, 4.69) is 15.1 Å². The van der Waals surface area contributed by atoms with Gasteiger partial charge in [-0.1, -0.05) is 6.42 Å². The molecule has 1 unspecified atom stereocenters. The lowest BCUT2D eigenvalue weighted by molar-refractivity contribution is -0.130. The highest BCUT2D eigenvalue weighted by atomic mass is 16.2. The van der Waals surface area contributed by atoms with E-state index < -0.39 is 0 Å². The molecule has 5 heteroatoms. The number of rotatable bonds is 3. The number of hydrogen-bond acceptors (Lipinski definition) is 4. The molecule has 3 heterocycles. The van der Waals surface area contributed by atoms with Gasteiger partial charge in [-0.25, -0.2) is 0 Å². The first-order valence-corrected chi connectivity index (χ1v) is 7.14. The van der Waals surface area contributed by atoms with Crippen LogP contribution < -0.4 is 0 Å². The van der Waals surface area contributed by atoms with Crippen molar-refractivity contribution in [2.75, 3.05) is 19.8 Å². The Morgan fingerprint density at radius 2 is 2.21 bits per heavy atom. The number of carbonyl (C=O) groups excluding carboxylic acids is 1. The summed E-state index contributed by atoms with van der Waals surface area (Å²) in [5.41, 5.74) is 1.04. The fraction of sp³-hybridized carbons (Fsp3) is 0.643.